The molecule has 1 aliphatic rings. The van der Waals surface area contributed by atoms with Gasteiger partial charge in [-0.15, -0.1) is 0 Å². The predicted molar refractivity (Wildman–Crippen MR) is 91.1 cm³/mol. The molecule has 1 fully saturated rings. The molecule has 3 rings (SSSR count). The third-order valence-electron chi connectivity index (χ3n) is 4.86. The minimum absolute atomic E-state index is 0.00748. The van der Waals surface area contributed by atoms with Crippen molar-refractivity contribution in [2.75, 3.05) is 26.7 Å². The zero-order valence-electron chi connectivity index (χ0n) is 14.1. The van der Waals surface area contributed by atoms with E-state index in [-0.39, 0.29) is 23.8 Å². The molecule has 2 N–H and O–H groups in total. The molecule has 24 heavy (non-hydrogen) atoms. The van der Waals surface area contributed by atoms with Crippen LogP contribution in [-0.4, -0.2) is 48.3 Å². The van der Waals surface area contributed by atoms with Gasteiger partial charge in [0.15, 0.2) is 0 Å². The molecular formula is C18H23N3O3. The third-order valence-corrected chi connectivity index (χ3v) is 4.86. The summed E-state index contributed by atoms with van der Waals surface area (Å²) >= 11 is 0. The molecule has 1 aliphatic heterocycles. The Balaban J connectivity index is 1.63. The van der Waals surface area contributed by atoms with E-state index in [4.69, 9.17) is 10.2 Å². The molecule has 0 bridgehead atoms. The fourth-order valence-electron chi connectivity index (χ4n) is 3.13. The highest BCUT2D eigenvalue weighted by Crippen LogP contribution is 2.27. The first-order chi connectivity index (χ1) is 11.5. The maximum Gasteiger partial charge on any atom is 0.237 e. The van der Waals surface area contributed by atoms with Crippen molar-refractivity contribution in [3.05, 3.63) is 36.1 Å². The molecule has 6 heteroatoms. The van der Waals surface area contributed by atoms with Gasteiger partial charge < -0.3 is 15.1 Å². The molecule has 128 valence electrons. The number of carbonyl (C=O) groups is 2. The molecular weight excluding hydrogens is 306 g/mol. The average Bonchev–Trinajstić information content (AvgIpc) is 3.19. The topological polar surface area (TPSA) is 79.8 Å². The molecule has 0 spiro atoms. The molecule has 1 saturated heterocycles. The lowest BCUT2D eigenvalue weighted by molar-refractivity contribution is -0.133. The van der Waals surface area contributed by atoms with E-state index in [0.717, 1.165) is 29.7 Å². The van der Waals surface area contributed by atoms with Gasteiger partial charge in [0, 0.05) is 19.0 Å². The van der Waals surface area contributed by atoms with Crippen LogP contribution >= 0.6 is 0 Å². The number of likely N-dealkylation sites (N-methyl/N-ethyl adjacent to an activating group) is 1. The van der Waals surface area contributed by atoms with Crippen LogP contribution in [0.4, 0.5) is 0 Å². The largest absolute Gasteiger partial charge is 0.459 e. The van der Waals surface area contributed by atoms with Gasteiger partial charge >= 0.3 is 0 Å². The Morgan fingerprint density at radius 2 is 2.17 bits per heavy atom. The van der Waals surface area contributed by atoms with E-state index in [9.17, 15) is 9.59 Å². The highest BCUT2D eigenvalue weighted by Gasteiger charge is 2.29. The van der Waals surface area contributed by atoms with Gasteiger partial charge in [0.05, 0.1) is 18.5 Å². The zero-order chi connectivity index (χ0) is 17.3. The highest BCUT2D eigenvalue weighted by molar-refractivity contribution is 5.80. The van der Waals surface area contributed by atoms with Crippen molar-refractivity contribution in [1.82, 2.24) is 9.80 Å². The Kier molecular flexibility index (Phi) is 4.57. The molecule has 2 aromatic rings. The molecule has 2 amide bonds. The van der Waals surface area contributed by atoms with Crippen LogP contribution in [0.2, 0.25) is 0 Å². The normalized spacial score (nSPS) is 19.5. The maximum absolute atomic E-state index is 12.5. The summed E-state index contributed by atoms with van der Waals surface area (Å²) in [4.78, 5) is 27.4. The number of hydrogen-bond donors (Lipinski definition) is 1. The lowest BCUT2D eigenvalue weighted by Crippen LogP contribution is -2.39. The van der Waals surface area contributed by atoms with Crippen LogP contribution in [0.25, 0.3) is 11.0 Å². The highest BCUT2D eigenvalue weighted by atomic mass is 16.3. The Labute approximate surface area is 141 Å². The zero-order valence-corrected chi connectivity index (χ0v) is 14.1. The predicted octanol–water partition coefficient (Wildman–Crippen LogP) is 1.76. The first-order valence-electron chi connectivity index (χ1n) is 8.21. The first-order valence-corrected chi connectivity index (χ1v) is 8.21. The monoisotopic (exact) mass is 329 g/mol. The molecule has 0 unspecified atom stereocenters. The van der Waals surface area contributed by atoms with Crippen LogP contribution in [-0.2, 0) is 9.59 Å². The second-order valence-corrected chi connectivity index (χ2v) is 6.49. The van der Waals surface area contributed by atoms with E-state index in [0.29, 0.717) is 13.1 Å². The maximum atomic E-state index is 12.5. The van der Waals surface area contributed by atoms with Crippen LogP contribution in [0, 0.1) is 5.92 Å². The van der Waals surface area contributed by atoms with Gasteiger partial charge in [0.1, 0.15) is 11.3 Å². The minimum Gasteiger partial charge on any atom is -0.459 e. The van der Waals surface area contributed by atoms with Crippen LogP contribution in [0.3, 0.4) is 0 Å². The summed E-state index contributed by atoms with van der Waals surface area (Å²) in [6.45, 7) is 3.54. The second kappa shape index (κ2) is 6.65. The molecule has 0 saturated carbocycles. The van der Waals surface area contributed by atoms with Crippen molar-refractivity contribution in [2.45, 2.75) is 19.4 Å². The number of rotatable bonds is 5. The number of benzene rings is 1. The molecule has 1 aromatic carbocycles. The van der Waals surface area contributed by atoms with E-state index in [1.165, 1.54) is 0 Å². The number of amides is 2. The summed E-state index contributed by atoms with van der Waals surface area (Å²) in [5.41, 5.74) is 6.16. The van der Waals surface area contributed by atoms with Gasteiger partial charge in [-0.05, 0) is 32.0 Å². The summed E-state index contributed by atoms with van der Waals surface area (Å²) in [6, 6.07) is 9.62. The summed E-state index contributed by atoms with van der Waals surface area (Å²) < 4.78 is 5.85. The minimum atomic E-state index is -0.283. The van der Waals surface area contributed by atoms with Crippen molar-refractivity contribution in [2.24, 2.45) is 11.7 Å². The standard InChI is InChI=1S/C18H23N3O3/c1-12(16-9-13-5-3-4-6-15(13)24-16)20(2)17(22)11-21-8-7-14(10-21)18(19)23/h3-6,9,12,14H,7-8,10-11H2,1-2H3,(H2,19,23)/t12-,14+/m1/s1. The van der Waals surface area contributed by atoms with Gasteiger partial charge in [-0.2, -0.15) is 0 Å². The van der Waals surface area contributed by atoms with E-state index >= 15 is 0 Å². The van der Waals surface area contributed by atoms with Crippen LogP contribution < -0.4 is 5.73 Å². The smallest absolute Gasteiger partial charge is 0.237 e. The van der Waals surface area contributed by atoms with Crippen LogP contribution in [0.15, 0.2) is 34.7 Å². The Morgan fingerprint density at radius 1 is 1.42 bits per heavy atom. The van der Waals surface area contributed by atoms with Crippen LogP contribution in [0.5, 0.6) is 0 Å². The Bertz CT molecular complexity index is 722. The van der Waals surface area contributed by atoms with Crippen LogP contribution in [0.1, 0.15) is 25.1 Å². The van der Waals surface area contributed by atoms with E-state index in [2.05, 4.69) is 0 Å². The molecule has 6 nitrogen and oxygen atoms in total. The van der Waals surface area contributed by atoms with Crippen molar-refractivity contribution >= 4 is 22.8 Å². The molecule has 0 aliphatic carbocycles. The summed E-state index contributed by atoms with van der Waals surface area (Å²) in [6.07, 6.45) is 0.728. The fourth-order valence-corrected chi connectivity index (χ4v) is 3.13. The van der Waals surface area contributed by atoms with Crippen molar-refractivity contribution in [1.29, 1.82) is 0 Å². The van der Waals surface area contributed by atoms with E-state index in [1.54, 1.807) is 11.9 Å². The summed E-state index contributed by atoms with van der Waals surface area (Å²) in [5.74, 6) is 0.349. The number of nitrogens with two attached hydrogens (primary N) is 1. The van der Waals surface area contributed by atoms with Gasteiger partial charge in [-0.25, -0.2) is 0 Å². The van der Waals surface area contributed by atoms with Gasteiger partial charge in [-0.3, -0.25) is 14.5 Å². The number of fused-ring (bicyclic) bond motifs is 1. The lowest BCUT2D eigenvalue weighted by atomic mass is 10.1. The first kappa shape index (κ1) is 16.5. The average molecular weight is 329 g/mol. The lowest BCUT2D eigenvalue weighted by Gasteiger charge is -2.25. The molecule has 1 aromatic heterocycles. The Hall–Kier alpha value is -2.34. The number of furan rings is 1. The van der Waals surface area contributed by atoms with Crippen molar-refractivity contribution in [3.63, 3.8) is 0 Å². The number of para-hydroxylation sites is 1. The molecule has 2 atom stereocenters. The second-order valence-electron chi connectivity index (χ2n) is 6.49. The number of nitrogens with zero attached hydrogens (tertiary/aromatic N) is 2. The Morgan fingerprint density at radius 3 is 2.83 bits per heavy atom. The van der Waals surface area contributed by atoms with E-state index in [1.807, 2.05) is 42.2 Å². The third kappa shape index (κ3) is 3.28. The summed E-state index contributed by atoms with van der Waals surface area (Å²) in [5, 5.41) is 1.03. The number of hydrogen-bond acceptors (Lipinski definition) is 4. The van der Waals surface area contributed by atoms with Gasteiger partial charge in [0.25, 0.3) is 0 Å². The number of primary amides is 1. The van der Waals surface area contributed by atoms with E-state index < -0.39 is 0 Å². The quantitative estimate of drug-likeness (QED) is 0.906. The SMILES string of the molecule is C[C@H](c1cc2ccccc2o1)N(C)C(=O)CN1CC[C@H](C(N)=O)C1. The number of carbonyl (C=O) groups excluding carboxylic acids is 2. The van der Waals surface area contributed by atoms with Crippen molar-refractivity contribution < 1.29 is 14.0 Å². The van der Waals surface area contributed by atoms with Gasteiger partial charge in [-0.1, -0.05) is 18.2 Å². The number of likely N-dealkylation sites (tertiary alicyclic amines) is 1. The fraction of sp³-hybridized carbons (Fsp3) is 0.444. The van der Waals surface area contributed by atoms with Gasteiger partial charge in [0.2, 0.25) is 11.8 Å². The molecule has 2 heterocycles. The summed E-state index contributed by atoms with van der Waals surface area (Å²) in [7, 11) is 1.78. The molecule has 0 radical (unpaired) electrons. The van der Waals surface area contributed by atoms with Crippen molar-refractivity contribution in [3.8, 4) is 0 Å².